The van der Waals surface area contributed by atoms with E-state index in [2.05, 4.69) is 5.10 Å². The molecule has 2 aromatic heterocycles. The lowest BCUT2D eigenvalue weighted by atomic mass is 10.1. The fourth-order valence-electron chi connectivity index (χ4n) is 2.14. The molecule has 0 saturated heterocycles. The van der Waals surface area contributed by atoms with Gasteiger partial charge in [-0.05, 0) is 21.4 Å². The highest BCUT2D eigenvalue weighted by Crippen LogP contribution is 2.25. The van der Waals surface area contributed by atoms with E-state index >= 15 is 0 Å². The molecule has 3 rings (SSSR count). The molecule has 9 heteroatoms. The van der Waals surface area contributed by atoms with Gasteiger partial charge in [-0.1, -0.05) is 35.4 Å². The summed E-state index contributed by atoms with van der Waals surface area (Å²) in [5.41, 5.74) is 0.688. The number of hydrogen-bond acceptors (Lipinski definition) is 4. The lowest BCUT2D eigenvalue weighted by Gasteiger charge is -2.09. The third-order valence-electron chi connectivity index (χ3n) is 3.02. The van der Waals surface area contributed by atoms with Crippen LogP contribution in [0.15, 0.2) is 40.6 Å². The lowest BCUT2D eigenvalue weighted by Crippen LogP contribution is -2.45. The normalized spacial score (nSPS) is 12.0. The van der Waals surface area contributed by atoms with Crippen LogP contribution in [0.3, 0.4) is 0 Å². The molecule has 0 saturated carbocycles. The molecule has 0 atom stereocenters. The van der Waals surface area contributed by atoms with E-state index in [9.17, 15) is 23.1 Å². The van der Waals surface area contributed by atoms with E-state index in [0.717, 1.165) is 15.9 Å². The molecule has 22 heavy (non-hydrogen) atoms. The number of nitrogens with zero attached hydrogens (tertiary/aromatic N) is 3. The van der Waals surface area contributed by atoms with E-state index in [1.54, 1.807) is 18.2 Å². The summed E-state index contributed by atoms with van der Waals surface area (Å²) in [6.07, 6.45) is -4.54. The maximum absolute atomic E-state index is 12.8. The first-order valence-electron chi connectivity index (χ1n) is 6.12. The Morgan fingerprint density at radius 1 is 1.27 bits per heavy atom. The Morgan fingerprint density at radius 3 is 2.59 bits per heavy atom. The molecule has 0 bridgehead atoms. The van der Waals surface area contributed by atoms with Crippen molar-refractivity contribution in [2.75, 3.05) is 0 Å². The van der Waals surface area contributed by atoms with E-state index < -0.39 is 24.2 Å². The van der Waals surface area contributed by atoms with Gasteiger partial charge in [0.2, 0.25) is 0 Å². The lowest BCUT2D eigenvalue weighted by molar-refractivity contribution is -0.701. The van der Waals surface area contributed by atoms with Gasteiger partial charge in [0.25, 0.3) is 5.88 Å². The van der Waals surface area contributed by atoms with Gasteiger partial charge >= 0.3 is 16.7 Å². The van der Waals surface area contributed by atoms with Gasteiger partial charge in [0, 0.05) is 0 Å². The molecule has 0 radical (unpaired) electrons. The van der Waals surface area contributed by atoms with Crippen molar-refractivity contribution in [2.45, 2.75) is 12.7 Å². The van der Waals surface area contributed by atoms with Crippen LogP contribution in [0.4, 0.5) is 13.2 Å². The van der Waals surface area contributed by atoms with Crippen LogP contribution in [0, 0.1) is 0 Å². The van der Waals surface area contributed by atoms with Gasteiger partial charge < -0.3 is 5.11 Å². The largest absolute Gasteiger partial charge is 0.477 e. The molecule has 5 nitrogen and oxygen atoms in total. The third kappa shape index (κ3) is 2.43. The van der Waals surface area contributed by atoms with Gasteiger partial charge in [0.05, 0.1) is 0 Å². The molecule has 0 amide bonds. The fourth-order valence-corrected chi connectivity index (χ4v) is 2.88. The van der Waals surface area contributed by atoms with Gasteiger partial charge in [0.15, 0.2) is 12.1 Å². The zero-order chi connectivity index (χ0) is 15.9. The van der Waals surface area contributed by atoms with Crippen LogP contribution < -0.4 is 10.1 Å². The summed E-state index contributed by atoms with van der Waals surface area (Å²) in [4.78, 5) is 12.3. The topological polar surface area (TPSA) is 58.5 Å². The number of benzene rings is 1. The molecule has 1 N–H and O–H groups in total. The Balaban J connectivity index is 2.36. The smallest absolute Gasteiger partial charge is 0.426 e. The highest BCUT2D eigenvalue weighted by Gasteiger charge is 2.37. The molecule has 3 aromatic rings. The van der Waals surface area contributed by atoms with Crippen LogP contribution in [0.25, 0.3) is 16.1 Å². The summed E-state index contributed by atoms with van der Waals surface area (Å²) in [7, 11) is 0. The average Bonchev–Trinajstić information content (AvgIpc) is 2.93. The minimum atomic E-state index is -4.54. The predicted octanol–water partition coefficient (Wildman–Crippen LogP) is 1.98. The fraction of sp³-hybridized carbons (Fsp3) is 0.154. The van der Waals surface area contributed by atoms with Crippen LogP contribution >= 0.6 is 11.3 Å². The minimum Gasteiger partial charge on any atom is -0.477 e. The zero-order valence-corrected chi connectivity index (χ0v) is 11.7. The van der Waals surface area contributed by atoms with E-state index in [-0.39, 0.29) is 10.5 Å². The average molecular weight is 328 g/mol. The number of hydrogen-bond donors (Lipinski definition) is 1. The summed E-state index contributed by atoms with van der Waals surface area (Å²) in [6, 6.07) is 8.01. The molecule has 0 aliphatic carbocycles. The molecule has 0 unspecified atom stereocenters. The monoisotopic (exact) mass is 328 g/mol. The van der Waals surface area contributed by atoms with Crippen molar-refractivity contribution in [1.29, 1.82) is 0 Å². The Morgan fingerprint density at radius 2 is 1.95 bits per heavy atom. The minimum absolute atomic E-state index is 0.0838. The van der Waals surface area contributed by atoms with Crippen molar-refractivity contribution in [3.8, 4) is 17.0 Å². The van der Waals surface area contributed by atoms with E-state index in [0.29, 0.717) is 10.1 Å². The molecular weight excluding hydrogens is 319 g/mol. The van der Waals surface area contributed by atoms with Crippen molar-refractivity contribution in [3.05, 3.63) is 46.2 Å². The molecule has 0 fully saturated rings. The predicted molar refractivity (Wildman–Crippen MR) is 72.7 cm³/mol. The van der Waals surface area contributed by atoms with Crippen LogP contribution in [-0.2, 0) is 6.54 Å². The molecular formula is C13H9F3N3O2S+. The van der Waals surface area contributed by atoms with Crippen LogP contribution in [0.2, 0.25) is 0 Å². The summed E-state index contributed by atoms with van der Waals surface area (Å²) in [5.74, 6) is -0.724. The van der Waals surface area contributed by atoms with E-state index in [1.165, 1.54) is 17.6 Å². The van der Waals surface area contributed by atoms with Gasteiger partial charge in [-0.15, -0.1) is 0 Å². The van der Waals surface area contributed by atoms with Crippen LogP contribution in [0.5, 0.6) is 5.88 Å². The number of rotatable bonds is 2. The van der Waals surface area contributed by atoms with E-state index in [4.69, 9.17) is 0 Å². The first-order valence-corrected chi connectivity index (χ1v) is 7.00. The van der Waals surface area contributed by atoms with Crippen molar-refractivity contribution >= 4 is 16.3 Å². The quantitative estimate of drug-likeness (QED) is 0.732. The zero-order valence-electron chi connectivity index (χ0n) is 10.9. The van der Waals surface area contributed by atoms with E-state index in [1.807, 2.05) is 0 Å². The highest BCUT2D eigenvalue weighted by molar-refractivity contribution is 7.14. The molecule has 114 valence electrons. The molecule has 0 aliphatic rings. The Kier molecular flexibility index (Phi) is 3.36. The van der Waals surface area contributed by atoms with Crippen molar-refractivity contribution in [3.63, 3.8) is 0 Å². The van der Waals surface area contributed by atoms with Crippen LogP contribution in [-0.4, -0.2) is 20.9 Å². The first-order chi connectivity index (χ1) is 10.4. The van der Waals surface area contributed by atoms with Crippen molar-refractivity contribution < 1.29 is 22.8 Å². The molecule has 0 spiro atoms. The summed E-state index contributed by atoms with van der Waals surface area (Å²) < 4.78 is 39.8. The van der Waals surface area contributed by atoms with Gasteiger partial charge in [-0.3, -0.25) is 0 Å². The number of aromatic nitrogens is 3. The number of aromatic hydroxyl groups is 1. The molecule has 1 aromatic carbocycles. The maximum Gasteiger partial charge on any atom is 0.426 e. The second-order valence-corrected chi connectivity index (χ2v) is 5.32. The van der Waals surface area contributed by atoms with Crippen molar-refractivity contribution in [1.82, 2.24) is 9.61 Å². The summed E-state index contributed by atoms with van der Waals surface area (Å²) in [6.45, 7) is -1.41. The summed E-state index contributed by atoms with van der Waals surface area (Å²) >= 11 is 0.842. The Bertz CT molecular complexity index is 887. The second-order valence-electron chi connectivity index (χ2n) is 4.50. The first kappa shape index (κ1) is 14.5. The van der Waals surface area contributed by atoms with Gasteiger partial charge in [-0.25, -0.2) is 4.79 Å². The van der Waals surface area contributed by atoms with Gasteiger partial charge in [-0.2, -0.15) is 17.7 Å². The maximum atomic E-state index is 12.8. The second kappa shape index (κ2) is 5.09. The molecule has 0 aliphatic heterocycles. The van der Waals surface area contributed by atoms with Crippen LogP contribution in [0.1, 0.15) is 0 Å². The number of alkyl halides is 3. The summed E-state index contributed by atoms with van der Waals surface area (Å²) in [5, 5.41) is 14.0. The number of halogens is 3. The van der Waals surface area contributed by atoms with Crippen molar-refractivity contribution in [2.24, 2.45) is 0 Å². The number of fused-ring (bicyclic) bond motifs is 1. The standard InChI is InChI=1S/C13H8F3N3O2S/c14-13(15,16)6-18-10(20)9(8-4-2-1-3-5-8)11(21)19-12(18)22-7-17-19/h1-5,7H,6H2/p+1. The Labute approximate surface area is 125 Å². The van der Waals surface area contributed by atoms with Gasteiger partial charge in [0.1, 0.15) is 5.51 Å². The molecule has 2 heterocycles. The SMILES string of the molecule is O=c1c(-c2ccccc2)c(O)[n+](CC(F)(F)F)c2scnn12. The highest BCUT2D eigenvalue weighted by atomic mass is 32.1. The third-order valence-corrected chi connectivity index (χ3v) is 3.82. The Hall–Kier alpha value is -2.42.